The van der Waals surface area contributed by atoms with Crippen LogP contribution >= 0.6 is 0 Å². The first-order valence-electron chi connectivity index (χ1n) is 30.4. The zero-order valence-electron chi connectivity index (χ0n) is 45.9. The summed E-state index contributed by atoms with van der Waals surface area (Å²) < 4.78 is 16.9. The van der Waals surface area contributed by atoms with Crippen LogP contribution in [-0.2, 0) is 28.6 Å². The van der Waals surface area contributed by atoms with E-state index in [0.717, 1.165) is 63.7 Å². The Labute approximate surface area is 418 Å². The van der Waals surface area contributed by atoms with Crippen LogP contribution in [0.2, 0.25) is 0 Å². The quantitative estimate of drug-likeness (QED) is 0.0343. The Bertz CT molecular complexity index is 1010. The van der Waals surface area contributed by atoms with Crippen molar-refractivity contribution in [1.82, 2.24) is 0 Å². The molecule has 0 radical (unpaired) electrons. The van der Waals surface area contributed by atoms with Gasteiger partial charge in [-0.1, -0.05) is 310 Å². The molecule has 0 rings (SSSR count). The van der Waals surface area contributed by atoms with Crippen LogP contribution in [0.1, 0.15) is 349 Å². The highest BCUT2D eigenvalue weighted by molar-refractivity contribution is 5.71. The minimum atomic E-state index is -0.762. The van der Waals surface area contributed by atoms with E-state index in [9.17, 15) is 14.4 Å². The van der Waals surface area contributed by atoms with Gasteiger partial charge in [-0.15, -0.1) is 0 Å². The predicted molar refractivity (Wildman–Crippen MR) is 289 cm³/mol. The summed E-state index contributed by atoms with van der Waals surface area (Å²) >= 11 is 0. The third-order valence-corrected chi connectivity index (χ3v) is 14.0. The molecule has 6 heteroatoms. The van der Waals surface area contributed by atoms with Crippen molar-refractivity contribution in [2.75, 3.05) is 13.2 Å². The van der Waals surface area contributed by atoms with E-state index in [1.165, 1.54) is 244 Å². The molecule has 398 valence electrons. The van der Waals surface area contributed by atoms with Gasteiger partial charge in [-0.2, -0.15) is 0 Å². The molecule has 0 aromatic carbocycles. The minimum Gasteiger partial charge on any atom is -0.462 e. The summed E-state index contributed by atoms with van der Waals surface area (Å²) in [4.78, 5) is 38.2. The second kappa shape index (κ2) is 55.3. The molecule has 0 fully saturated rings. The van der Waals surface area contributed by atoms with Gasteiger partial charge in [0.05, 0.1) is 0 Å². The number of ether oxygens (including phenoxy) is 3. The monoisotopic (exact) mass is 947 g/mol. The van der Waals surface area contributed by atoms with Gasteiger partial charge < -0.3 is 14.2 Å². The number of carbonyl (C=O) groups excluding carboxylic acids is 3. The second-order valence-corrected chi connectivity index (χ2v) is 21.5. The lowest BCUT2D eigenvalue weighted by Crippen LogP contribution is -2.30. The summed E-state index contributed by atoms with van der Waals surface area (Å²) in [5.41, 5.74) is 0. The summed E-state index contributed by atoms with van der Waals surface area (Å²) in [7, 11) is 0. The Kier molecular flexibility index (Phi) is 54.0. The molecule has 0 bridgehead atoms. The highest BCUT2D eigenvalue weighted by Gasteiger charge is 2.19. The molecule has 1 atom stereocenters. The van der Waals surface area contributed by atoms with Gasteiger partial charge in [-0.3, -0.25) is 14.4 Å². The summed E-state index contributed by atoms with van der Waals surface area (Å²) in [6, 6.07) is 0. The van der Waals surface area contributed by atoms with Crippen LogP contribution in [0.5, 0.6) is 0 Å². The number of rotatable bonds is 56. The van der Waals surface area contributed by atoms with Gasteiger partial charge in [0.1, 0.15) is 13.2 Å². The predicted octanol–water partition coefficient (Wildman–Crippen LogP) is 20.2. The minimum absolute atomic E-state index is 0.0614. The van der Waals surface area contributed by atoms with Crippen molar-refractivity contribution in [2.45, 2.75) is 355 Å². The maximum absolute atomic E-state index is 12.9. The lowest BCUT2D eigenvalue weighted by molar-refractivity contribution is -0.167. The highest BCUT2D eigenvalue weighted by atomic mass is 16.6. The van der Waals surface area contributed by atoms with E-state index in [2.05, 4.69) is 27.7 Å². The van der Waals surface area contributed by atoms with Crippen molar-refractivity contribution in [3.05, 3.63) is 0 Å². The fourth-order valence-corrected chi connectivity index (χ4v) is 9.46. The first-order chi connectivity index (χ1) is 32.9. The van der Waals surface area contributed by atoms with Gasteiger partial charge in [0, 0.05) is 19.3 Å². The maximum Gasteiger partial charge on any atom is 0.306 e. The van der Waals surface area contributed by atoms with E-state index in [1.807, 2.05) is 0 Å². The first-order valence-corrected chi connectivity index (χ1v) is 30.4. The number of carbonyl (C=O) groups is 3. The lowest BCUT2D eigenvalue weighted by Gasteiger charge is -2.18. The van der Waals surface area contributed by atoms with Crippen LogP contribution in [-0.4, -0.2) is 37.2 Å². The Morgan fingerprint density at radius 3 is 0.731 bits per heavy atom. The number of esters is 3. The average Bonchev–Trinajstić information content (AvgIpc) is 3.31. The molecule has 0 aliphatic rings. The molecule has 0 aromatic rings. The van der Waals surface area contributed by atoms with Crippen LogP contribution in [0.4, 0.5) is 0 Å². The average molecular weight is 948 g/mol. The normalized spacial score (nSPS) is 12.0. The lowest BCUT2D eigenvalue weighted by atomic mass is 10.0. The molecular formula is C61H118O6. The Balaban J connectivity index is 4.29. The molecule has 0 saturated heterocycles. The van der Waals surface area contributed by atoms with Crippen molar-refractivity contribution < 1.29 is 28.6 Å². The van der Waals surface area contributed by atoms with Gasteiger partial charge in [-0.25, -0.2) is 0 Å². The molecule has 0 aliphatic heterocycles. The molecule has 0 unspecified atom stereocenters. The van der Waals surface area contributed by atoms with Gasteiger partial charge in [0.25, 0.3) is 0 Å². The SMILES string of the molecule is CCCCCCCCCCCCCCCCCCCC(=O)OC[C@@H](COC(=O)CCCCCCCCCCCCCCCCC)OC(=O)CCCCCCCCCCCCCCCCC(C)C. The fraction of sp³-hybridized carbons (Fsp3) is 0.951. The van der Waals surface area contributed by atoms with Crippen LogP contribution in [0.3, 0.4) is 0 Å². The second-order valence-electron chi connectivity index (χ2n) is 21.5. The molecule has 0 saturated carbocycles. The van der Waals surface area contributed by atoms with Crippen LogP contribution in [0.25, 0.3) is 0 Å². The molecule has 0 amide bonds. The van der Waals surface area contributed by atoms with Gasteiger partial charge in [-0.05, 0) is 25.2 Å². The number of hydrogen-bond acceptors (Lipinski definition) is 6. The molecule has 0 spiro atoms. The van der Waals surface area contributed by atoms with Crippen molar-refractivity contribution in [1.29, 1.82) is 0 Å². The van der Waals surface area contributed by atoms with Crippen LogP contribution < -0.4 is 0 Å². The zero-order valence-corrected chi connectivity index (χ0v) is 45.9. The van der Waals surface area contributed by atoms with E-state index in [4.69, 9.17) is 14.2 Å². The summed E-state index contributed by atoms with van der Waals surface area (Å²) in [5, 5.41) is 0. The van der Waals surface area contributed by atoms with Crippen molar-refractivity contribution >= 4 is 17.9 Å². The molecule has 6 nitrogen and oxygen atoms in total. The topological polar surface area (TPSA) is 78.9 Å². The van der Waals surface area contributed by atoms with Gasteiger partial charge in [0.15, 0.2) is 6.10 Å². The number of hydrogen-bond donors (Lipinski definition) is 0. The van der Waals surface area contributed by atoms with Crippen molar-refractivity contribution in [2.24, 2.45) is 5.92 Å². The Morgan fingerprint density at radius 2 is 0.493 bits per heavy atom. The van der Waals surface area contributed by atoms with E-state index in [1.54, 1.807) is 0 Å². The molecule has 0 aromatic heterocycles. The smallest absolute Gasteiger partial charge is 0.306 e. The molecule has 0 heterocycles. The molecule has 67 heavy (non-hydrogen) atoms. The Morgan fingerprint density at radius 1 is 0.284 bits per heavy atom. The molecule has 0 aliphatic carbocycles. The third-order valence-electron chi connectivity index (χ3n) is 14.0. The van der Waals surface area contributed by atoms with Gasteiger partial charge >= 0.3 is 17.9 Å². The van der Waals surface area contributed by atoms with Crippen LogP contribution in [0.15, 0.2) is 0 Å². The summed E-state index contributed by atoms with van der Waals surface area (Å²) in [6.07, 6.45) is 60.9. The van der Waals surface area contributed by atoms with Gasteiger partial charge in [0.2, 0.25) is 0 Å². The van der Waals surface area contributed by atoms with E-state index < -0.39 is 6.10 Å². The fourth-order valence-electron chi connectivity index (χ4n) is 9.46. The largest absolute Gasteiger partial charge is 0.462 e. The van der Waals surface area contributed by atoms with Crippen molar-refractivity contribution in [3.8, 4) is 0 Å². The zero-order chi connectivity index (χ0) is 48.8. The van der Waals surface area contributed by atoms with Crippen molar-refractivity contribution in [3.63, 3.8) is 0 Å². The molecular weight excluding hydrogens is 829 g/mol. The van der Waals surface area contributed by atoms with E-state index in [-0.39, 0.29) is 31.1 Å². The summed E-state index contributed by atoms with van der Waals surface area (Å²) in [5.74, 6) is 0.0126. The Hall–Kier alpha value is -1.59. The maximum atomic E-state index is 12.9. The van der Waals surface area contributed by atoms with E-state index in [0.29, 0.717) is 19.3 Å². The highest BCUT2D eigenvalue weighted by Crippen LogP contribution is 2.18. The first kappa shape index (κ1) is 65.4. The number of unbranched alkanes of at least 4 members (excludes halogenated alkanes) is 43. The summed E-state index contributed by atoms with van der Waals surface area (Å²) in [6.45, 7) is 9.08. The molecule has 0 N–H and O–H groups in total. The third kappa shape index (κ3) is 55.2. The standard InChI is InChI=1S/C61H118O6/c1-5-7-9-11-13-15-17-19-21-22-24-29-33-37-41-45-49-53-60(63)66-56-58(55-65-59(62)52-48-44-40-36-32-28-23-20-18-16-14-12-10-8-6-2)67-61(64)54-50-46-42-38-34-30-26-25-27-31-35-39-43-47-51-57(3)4/h57-58H,5-56H2,1-4H3/t58-/m1/s1. The van der Waals surface area contributed by atoms with E-state index >= 15 is 0 Å². The van der Waals surface area contributed by atoms with Crippen LogP contribution in [0, 0.1) is 5.92 Å².